The highest BCUT2D eigenvalue weighted by Crippen LogP contribution is 2.13. The molecule has 0 aliphatic heterocycles. The summed E-state index contributed by atoms with van der Waals surface area (Å²) in [6.07, 6.45) is 1.94. The molecular formula is C11H12BrN3S2. The zero-order valence-corrected chi connectivity index (χ0v) is 12.4. The van der Waals surface area contributed by atoms with Crippen molar-refractivity contribution in [1.82, 2.24) is 0 Å². The van der Waals surface area contributed by atoms with Crippen LogP contribution in [-0.2, 0) is 0 Å². The standard InChI is InChI=1S/C11H11N3S2.BrH/c1-8-7-12-11(16-8)14-10(15)13-9-5-3-2-4-6-9;/h2-7H,1H3,(H2,12,13,14,15);1H. The number of aryl methyl sites for hydroxylation is 1. The Bertz CT molecular complexity index is 484. The maximum absolute atomic E-state index is 5.19. The Morgan fingerprint density at radius 1 is 1.24 bits per heavy atom. The van der Waals surface area contributed by atoms with E-state index in [2.05, 4.69) is 15.6 Å². The van der Waals surface area contributed by atoms with Crippen LogP contribution in [0.1, 0.15) is 4.88 Å². The number of hydrogen-bond acceptors (Lipinski definition) is 2. The first-order chi connectivity index (χ1) is 7.74. The number of aromatic nitrogens is 1. The van der Waals surface area contributed by atoms with Crippen molar-refractivity contribution in [3.05, 3.63) is 41.4 Å². The second-order valence-electron chi connectivity index (χ2n) is 3.28. The molecule has 1 heterocycles. The SMILES string of the molecule is Cc1c[nH+]c(NC(=S)Nc2ccccc2)s1.[Br-]. The van der Waals surface area contributed by atoms with Crippen molar-refractivity contribution >= 4 is 39.5 Å². The van der Waals surface area contributed by atoms with Crippen LogP contribution in [0, 0.1) is 6.92 Å². The third-order valence-corrected chi connectivity index (χ3v) is 3.00. The molecule has 0 aliphatic carbocycles. The highest BCUT2D eigenvalue weighted by Gasteiger charge is 2.08. The molecule has 0 spiro atoms. The van der Waals surface area contributed by atoms with Crippen LogP contribution in [0.25, 0.3) is 0 Å². The van der Waals surface area contributed by atoms with Crippen LogP contribution in [0.3, 0.4) is 0 Å². The number of aromatic amines is 1. The molecule has 17 heavy (non-hydrogen) atoms. The molecule has 0 radical (unpaired) electrons. The number of hydrogen-bond donors (Lipinski definition) is 2. The molecule has 1 aromatic heterocycles. The van der Waals surface area contributed by atoms with E-state index in [4.69, 9.17) is 12.2 Å². The van der Waals surface area contributed by atoms with Gasteiger partial charge in [-0.3, -0.25) is 0 Å². The van der Waals surface area contributed by atoms with Gasteiger partial charge < -0.3 is 22.3 Å². The van der Waals surface area contributed by atoms with Crippen molar-refractivity contribution in [2.75, 3.05) is 10.6 Å². The average Bonchev–Trinajstić information content (AvgIpc) is 2.65. The predicted octanol–water partition coefficient (Wildman–Crippen LogP) is -0.316. The molecule has 3 nitrogen and oxygen atoms in total. The van der Waals surface area contributed by atoms with Gasteiger partial charge in [-0.1, -0.05) is 29.5 Å². The Kier molecular flexibility index (Phi) is 5.54. The smallest absolute Gasteiger partial charge is 0.338 e. The van der Waals surface area contributed by atoms with Gasteiger partial charge in [-0.15, -0.1) is 0 Å². The van der Waals surface area contributed by atoms with E-state index in [-0.39, 0.29) is 17.0 Å². The van der Waals surface area contributed by atoms with Crippen molar-refractivity contribution in [1.29, 1.82) is 0 Å². The molecule has 90 valence electrons. The largest absolute Gasteiger partial charge is 1.00 e. The Morgan fingerprint density at radius 2 is 1.94 bits per heavy atom. The second-order valence-corrected chi connectivity index (χ2v) is 4.94. The van der Waals surface area contributed by atoms with E-state index >= 15 is 0 Å². The third-order valence-electron chi connectivity index (χ3n) is 1.93. The van der Waals surface area contributed by atoms with Crippen LogP contribution in [0.5, 0.6) is 0 Å². The molecule has 0 fully saturated rings. The van der Waals surface area contributed by atoms with E-state index in [1.807, 2.05) is 43.5 Å². The molecule has 0 bridgehead atoms. The van der Waals surface area contributed by atoms with E-state index in [0.717, 1.165) is 10.8 Å². The van der Waals surface area contributed by atoms with Gasteiger partial charge in [0, 0.05) is 10.6 Å². The van der Waals surface area contributed by atoms with Gasteiger partial charge in [0.2, 0.25) is 0 Å². The van der Waals surface area contributed by atoms with Gasteiger partial charge in [-0.2, -0.15) is 0 Å². The third kappa shape index (κ3) is 4.41. The number of para-hydroxylation sites is 1. The molecule has 1 aromatic carbocycles. The summed E-state index contributed by atoms with van der Waals surface area (Å²) in [6.45, 7) is 2.04. The monoisotopic (exact) mass is 329 g/mol. The summed E-state index contributed by atoms with van der Waals surface area (Å²) in [7, 11) is 0. The van der Waals surface area contributed by atoms with Gasteiger partial charge in [0.15, 0.2) is 0 Å². The van der Waals surface area contributed by atoms with E-state index < -0.39 is 0 Å². The van der Waals surface area contributed by atoms with Gasteiger partial charge >= 0.3 is 5.13 Å². The quantitative estimate of drug-likeness (QED) is 0.742. The minimum Gasteiger partial charge on any atom is -1.00 e. The van der Waals surface area contributed by atoms with Crippen molar-refractivity contribution in [3.63, 3.8) is 0 Å². The molecule has 0 aliphatic rings. The molecule has 0 atom stereocenters. The fourth-order valence-corrected chi connectivity index (χ4v) is 2.23. The highest BCUT2D eigenvalue weighted by atomic mass is 79.9. The molecule has 0 saturated carbocycles. The fraction of sp³-hybridized carbons (Fsp3) is 0.0909. The van der Waals surface area contributed by atoms with Crippen molar-refractivity contribution in [3.8, 4) is 0 Å². The van der Waals surface area contributed by atoms with Crippen molar-refractivity contribution < 1.29 is 22.0 Å². The maximum atomic E-state index is 5.19. The number of anilines is 2. The fourth-order valence-electron chi connectivity index (χ4n) is 1.24. The van der Waals surface area contributed by atoms with Crippen LogP contribution in [0.4, 0.5) is 10.8 Å². The Labute approximate surface area is 120 Å². The van der Waals surface area contributed by atoms with Crippen LogP contribution >= 0.6 is 23.6 Å². The maximum Gasteiger partial charge on any atom is 0.338 e. The lowest BCUT2D eigenvalue weighted by Gasteiger charge is -2.02. The van der Waals surface area contributed by atoms with E-state index in [1.165, 1.54) is 4.88 Å². The van der Waals surface area contributed by atoms with Crippen molar-refractivity contribution in [2.24, 2.45) is 0 Å². The van der Waals surface area contributed by atoms with Gasteiger partial charge in [0.05, 0.1) is 0 Å². The second kappa shape index (κ2) is 6.68. The number of H-pyrrole nitrogens is 1. The average molecular weight is 330 g/mol. The highest BCUT2D eigenvalue weighted by molar-refractivity contribution is 7.80. The molecule has 6 heteroatoms. The molecule has 2 aromatic rings. The summed E-state index contributed by atoms with van der Waals surface area (Å²) >= 11 is 6.82. The zero-order chi connectivity index (χ0) is 11.4. The number of nitrogens with one attached hydrogen (secondary N) is 3. The van der Waals surface area contributed by atoms with Crippen LogP contribution < -0.4 is 32.6 Å². The summed E-state index contributed by atoms with van der Waals surface area (Å²) in [4.78, 5) is 4.31. The number of halogens is 1. The summed E-state index contributed by atoms with van der Waals surface area (Å²) in [5.41, 5.74) is 0.980. The first kappa shape index (κ1) is 14.1. The molecular weight excluding hydrogens is 318 g/mol. The molecule has 0 unspecified atom stereocenters. The zero-order valence-electron chi connectivity index (χ0n) is 9.16. The van der Waals surface area contributed by atoms with Gasteiger partial charge in [-0.05, 0) is 31.3 Å². The Hall–Kier alpha value is -0.980. The lowest BCUT2D eigenvalue weighted by Crippen LogP contribution is -3.00. The van der Waals surface area contributed by atoms with Gasteiger partial charge in [0.1, 0.15) is 6.20 Å². The first-order valence-electron chi connectivity index (χ1n) is 4.85. The molecule has 3 N–H and O–H groups in total. The van der Waals surface area contributed by atoms with Gasteiger partial charge in [-0.25, -0.2) is 10.3 Å². The van der Waals surface area contributed by atoms with Crippen LogP contribution in [0.15, 0.2) is 36.5 Å². The van der Waals surface area contributed by atoms with E-state index in [1.54, 1.807) is 11.3 Å². The minimum absolute atomic E-state index is 0. The molecule has 0 saturated heterocycles. The lowest BCUT2D eigenvalue weighted by molar-refractivity contribution is -0.354. The number of benzene rings is 1. The van der Waals surface area contributed by atoms with E-state index in [9.17, 15) is 0 Å². The summed E-state index contributed by atoms with van der Waals surface area (Å²) < 4.78 is 0. The summed E-state index contributed by atoms with van der Waals surface area (Å²) in [5.74, 6) is 0. The molecule has 2 rings (SSSR count). The van der Waals surface area contributed by atoms with Crippen molar-refractivity contribution in [2.45, 2.75) is 6.92 Å². The summed E-state index contributed by atoms with van der Waals surface area (Å²) in [6, 6.07) is 9.84. The van der Waals surface area contributed by atoms with Crippen LogP contribution in [-0.4, -0.2) is 5.11 Å². The number of thiazole rings is 1. The number of thiocarbonyl (C=S) groups is 1. The topological polar surface area (TPSA) is 38.2 Å². The lowest BCUT2D eigenvalue weighted by atomic mass is 10.3. The minimum atomic E-state index is 0. The Balaban J connectivity index is 0.00000144. The predicted molar refractivity (Wildman–Crippen MR) is 71.9 cm³/mol. The van der Waals surface area contributed by atoms with Gasteiger partial charge in [0.25, 0.3) is 5.11 Å². The van der Waals surface area contributed by atoms with Crippen LogP contribution in [0.2, 0.25) is 0 Å². The number of rotatable bonds is 2. The Morgan fingerprint density at radius 3 is 2.53 bits per heavy atom. The normalized spacial score (nSPS) is 9.24. The summed E-state index contributed by atoms with van der Waals surface area (Å²) in [5, 5.41) is 7.72. The first-order valence-corrected chi connectivity index (χ1v) is 6.08. The van der Waals surface area contributed by atoms with E-state index in [0.29, 0.717) is 5.11 Å². The molecule has 0 amide bonds.